The standard InChI is InChI=1S/C27H26N2O2/c1-16-7-6-8-22(15-16)29-26(30)24(23-10-9-17(2)12-20(23)5)25(27(29)31)28-21-13-18(3)11-19(4)14-21/h6-15,28H,1-5H3. The Morgan fingerprint density at radius 1 is 0.677 bits per heavy atom. The minimum atomic E-state index is -0.343. The molecule has 1 aliphatic rings. The quantitative estimate of drug-likeness (QED) is 0.568. The van der Waals surface area contributed by atoms with E-state index >= 15 is 0 Å². The number of carbonyl (C=O) groups is 2. The number of aryl methyl sites for hydroxylation is 5. The largest absolute Gasteiger partial charge is 0.350 e. The Balaban J connectivity index is 1.88. The van der Waals surface area contributed by atoms with Crippen LogP contribution in [0, 0.1) is 34.6 Å². The van der Waals surface area contributed by atoms with Crippen LogP contribution in [0.15, 0.2) is 66.4 Å². The molecule has 1 aliphatic heterocycles. The fraction of sp³-hybridized carbons (Fsp3) is 0.185. The highest BCUT2D eigenvalue weighted by atomic mass is 16.2. The van der Waals surface area contributed by atoms with Crippen molar-refractivity contribution in [2.75, 3.05) is 10.2 Å². The number of nitrogens with zero attached hydrogens (tertiary/aromatic N) is 1. The van der Waals surface area contributed by atoms with E-state index in [1.807, 2.05) is 83.1 Å². The molecule has 156 valence electrons. The van der Waals surface area contributed by atoms with Gasteiger partial charge in [0, 0.05) is 5.69 Å². The number of hydrogen-bond donors (Lipinski definition) is 1. The highest BCUT2D eigenvalue weighted by Gasteiger charge is 2.40. The van der Waals surface area contributed by atoms with E-state index in [1.165, 1.54) is 4.90 Å². The predicted molar refractivity (Wildman–Crippen MR) is 126 cm³/mol. The van der Waals surface area contributed by atoms with Crippen LogP contribution < -0.4 is 10.2 Å². The van der Waals surface area contributed by atoms with Crippen molar-refractivity contribution >= 4 is 28.8 Å². The van der Waals surface area contributed by atoms with Gasteiger partial charge in [0.15, 0.2) is 0 Å². The number of amides is 2. The van der Waals surface area contributed by atoms with Gasteiger partial charge in [-0.25, -0.2) is 4.90 Å². The molecule has 31 heavy (non-hydrogen) atoms. The molecule has 0 radical (unpaired) electrons. The molecule has 0 atom stereocenters. The van der Waals surface area contributed by atoms with Crippen LogP contribution in [0.5, 0.6) is 0 Å². The summed E-state index contributed by atoms with van der Waals surface area (Å²) in [6.45, 7) is 9.95. The van der Waals surface area contributed by atoms with E-state index in [4.69, 9.17) is 0 Å². The Morgan fingerprint density at radius 2 is 1.35 bits per heavy atom. The second kappa shape index (κ2) is 7.88. The van der Waals surface area contributed by atoms with Gasteiger partial charge in [-0.2, -0.15) is 0 Å². The van der Waals surface area contributed by atoms with Gasteiger partial charge in [-0.3, -0.25) is 9.59 Å². The van der Waals surface area contributed by atoms with Crippen molar-refractivity contribution < 1.29 is 9.59 Å². The maximum absolute atomic E-state index is 13.6. The van der Waals surface area contributed by atoms with Crippen molar-refractivity contribution in [2.45, 2.75) is 34.6 Å². The van der Waals surface area contributed by atoms with Crippen molar-refractivity contribution in [3.05, 3.63) is 99.7 Å². The third kappa shape index (κ3) is 3.89. The predicted octanol–water partition coefficient (Wildman–Crippen LogP) is 5.63. The number of nitrogens with one attached hydrogen (secondary N) is 1. The summed E-state index contributed by atoms with van der Waals surface area (Å²) in [6.07, 6.45) is 0. The van der Waals surface area contributed by atoms with Gasteiger partial charge in [0.1, 0.15) is 5.70 Å². The smallest absolute Gasteiger partial charge is 0.282 e. The van der Waals surface area contributed by atoms with Crippen molar-refractivity contribution in [3.63, 3.8) is 0 Å². The van der Waals surface area contributed by atoms with Gasteiger partial charge >= 0.3 is 0 Å². The molecular weight excluding hydrogens is 384 g/mol. The van der Waals surface area contributed by atoms with Gasteiger partial charge in [0.2, 0.25) is 0 Å². The Hall–Kier alpha value is -3.66. The first kappa shape index (κ1) is 20.6. The van der Waals surface area contributed by atoms with Gasteiger partial charge < -0.3 is 5.32 Å². The first-order valence-electron chi connectivity index (χ1n) is 10.4. The highest BCUT2D eigenvalue weighted by Crippen LogP contribution is 2.35. The Morgan fingerprint density at radius 3 is 2.00 bits per heavy atom. The summed E-state index contributed by atoms with van der Waals surface area (Å²) in [5.74, 6) is -0.654. The molecule has 3 aromatic carbocycles. The van der Waals surface area contributed by atoms with Crippen LogP contribution in [0.2, 0.25) is 0 Å². The zero-order valence-electron chi connectivity index (χ0n) is 18.5. The van der Waals surface area contributed by atoms with Gasteiger partial charge in [-0.15, -0.1) is 0 Å². The first-order valence-corrected chi connectivity index (χ1v) is 10.4. The van der Waals surface area contributed by atoms with Crippen LogP contribution in [-0.2, 0) is 9.59 Å². The normalized spacial score (nSPS) is 13.9. The van der Waals surface area contributed by atoms with E-state index in [-0.39, 0.29) is 11.8 Å². The topological polar surface area (TPSA) is 49.4 Å². The van der Waals surface area contributed by atoms with Crippen LogP contribution in [0.25, 0.3) is 5.57 Å². The molecule has 0 aliphatic carbocycles. The fourth-order valence-electron chi connectivity index (χ4n) is 4.18. The van der Waals surface area contributed by atoms with Gasteiger partial charge in [0.05, 0.1) is 11.3 Å². The summed E-state index contributed by atoms with van der Waals surface area (Å²) in [6, 6.07) is 19.4. The number of hydrogen-bond acceptors (Lipinski definition) is 3. The van der Waals surface area contributed by atoms with Crippen LogP contribution in [-0.4, -0.2) is 11.8 Å². The summed E-state index contributed by atoms with van der Waals surface area (Å²) in [4.78, 5) is 28.4. The molecule has 0 saturated carbocycles. The lowest BCUT2D eigenvalue weighted by Gasteiger charge is -2.16. The number of imide groups is 1. The van der Waals surface area contributed by atoms with E-state index in [0.717, 1.165) is 39.1 Å². The van der Waals surface area contributed by atoms with Gasteiger partial charge in [0.25, 0.3) is 11.8 Å². The monoisotopic (exact) mass is 410 g/mol. The SMILES string of the molecule is Cc1cc(C)cc(NC2=C(c3ccc(C)cc3C)C(=O)N(c3cccc(C)c3)C2=O)c1. The molecule has 4 heteroatoms. The van der Waals surface area contributed by atoms with E-state index < -0.39 is 0 Å². The second-order valence-corrected chi connectivity index (χ2v) is 8.35. The highest BCUT2D eigenvalue weighted by molar-refractivity contribution is 6.46. The molecule has 1 N–H and O–H groups in total. The maximum Gasteiger partial charge on any atom is 0.282 e. The van der Waals surface area contributed by atoms with E-state index in [0.29, 0.717) is 17.0 Å². The minimum Gasteiger partial charge on any atom is -0.350 e. The maximum atomic E-state index is 13.6. The molecule has 0 fully saturated rings. The lowest BCUT2D eigenvalue weighted by Crippen LogP contribution is -2.32. The Kier molecular flexibility index (Phi) is 5.24. The Labute approximate surface area is 183 Å². The van der Waals surface area contributed by atoms with Crippen molar-refractivity contribution in [1.29, 1.82) is 0 Å². The molecule has 2 amide bonds. The number of rotatable bonds is 4. The lowest BCUT2D eigenvalue weighted by atomic mass is 9.97. The first-order chi connectivity index (χ1) is 14.7. The zero-order valence-corrected chi connectivity index (χ0v) is 18.5. The van der Waals surface area contributed by atoms with Crippen molar-refractivity contribution in [3.8, 4) is 0 Å². The minimum absolute atomic E-state index is 0.309. The average molecular weight is 411 g/mol. The third-order valence-corrected chi connectivity index (χ3v) is 5.49. The van der Waals surface area contributed by atoms with Gasteiger partial charge in [-0.1, -0.05) is 42.0 Å². The van der Waals surface area contributed by atoms with E-state index in [9.17, 15) is 9.59 Å². The fourth-order valence-corrected chi connectivity index (χ4v) is 4.18. The van der Waals surface area contributed by atoms with E-state index in [2.05, 4.69) is 11.4 Å². The summed E-state index contributed by atoms with van der Waals surface area (Å²) in [5, 5.41) is 3.28. The molecule has 0 bridgehead atoms. The molecule has 0 spiro atoms. The number of carbonyl (C=O) groups excluding carboxylic acids is 2. The average Bonchev–Trinajstić information content (AvgIpc) is 2.91. The molecular formula is C27H26N2O2. The Bertz CT molecular complexity index is 1230. The van der Waals surface area contributed by atoms with E-state index in [1.54, 1.807) is 6.07 Å². The van der Waals surface area contributed by atoms with Crippen LogP contribution >= 0.6 is 0 Å². The molecule has 0 saturated heterocycles. The molecule has 4 nitrogen and oxygen atoms in total. The molecule has 0 aromatic heterocycles. The summed E-state index contributed by atoms with van der Waals surface area (Å²) in [5.41, 5.74) is 8.09. The lowest BCUT2D eigenvalue weighted by molar-refractivity contribution is -0.120. The van der Waals surface area contributed by atoms with Crippen LogP contribution in [0.3, 0.4) is 0 Å². The van der Waals surface area contributed by atoms with Crippen molar-refractivity contribution in [1.82, 2.24) is 0 Å². The summed E-state index contributed by atoms with van der Waals surface area (Å²) >= 11 is 0. The van der Waals surface area contributed by atoms with Crippen LogP contribution in [0.1, 0.15) is 33.4 Å². The molecule has 0 unspecified atom stereocenters. The second-order valence-electron chi connectivity index (χ2n) is 8.35. The molecule has 1 heterocycles. The third-order valence-electron chi connectivity index (χ3n) is 5.49. The zero-order chi connectivity index (χ0) is 22.3. The summed E-state index contributed by atoms with van der Waals surface area (Å²) in [7, 11) is 0. The van der Waals surface area contributed by atoms with Crippen molar-refractivity contribution in [2.24, 2.45) is 0 Å². The molecule has 3 aromatic rings. The number of anilines is 2. The van der Waals surface area contributed by atoms with Crippen LogP contribution in [0.4, 0.5) is 11.4 Å². The van der Waals surface area contributed by atoms with Gasteiger partial charge in [-0.05, 0) is 86.7 Å². The molecule has 4 rings (SSSR count). The number of benzene rings is 3. The summed E-state index contributed by atoms with van der Waals surface area (Å²) < 4.78 is 0.